The summed E-state index contributed by atoms with van der Waals surface area (Å²) in [7, 11) is 0. The first-order valence-electron chi connectivity index (χ1n) is 11.4. The van der Waals surface area contributed by atoms with Crippen LogP contribution in [0.4, 0.5) is 0 Å². The van der Waals surface area contributed by atoms with Crippen molar-refractivity contribution in [3.8, 4) is 5.69 Å². The Kier molecular flexibility index (Phi) is 5.36. The Morgan fingerprint density at radius 3 is 2.64 bits per heavy atom. The number of aryl methyl sites for hydroxylation is 2. The van der Waals surface area contributed by atoms with Crippen molar-refractivity contribution in [2.24, 2.45) is 5.92 Å². The van der Waals surface area contributed by atoms with E-state index in [0.717, 1.165) is 29.7 Å². The van der Waals surface area contributed by atoms with Gasteiger partial charge in [0.15, 0.2) is 0 Å². The molecule has 2 heterocycles. The molecule has 168 valence electrons. The third-order valence-corrected chi connectivity index (χ3v) is 6.35. The van der Waals surface area contributed by atoms with E-state index < -0.39 is 6.04 Å². The van der Waals surface area contributed by atoms with Crippen molar-refractivity contribution in [2.75, 3.05) is 0 Å². The van der Waals surface area contributed by atoms with Crippen molar-refractivity contribution < 1.29 is 9.21 Å². The van der Waals surface area contributed by atoms with Crippen molar-refractivity contribution in [1.29, 1.82) is 0 Å². The molecule has 2 aromatic carbocycles. The van der Waals surface area contributed by atoms with Crippen LogP contribution >= 0.6 is 0 Å². The number of aromatic nitrogens is 2. The van der Waals surface area contributed by atoms with Gasteiger partial charge in [0, 0.05) is 5.92 Å². The normalized spacial score (nSPS) is 14.4. The second kappa shape index (κ2) is 8.35. The molecule has 5 rings (SSSR count). The summed E-state index contributed by atoms with van der Waals surface area (Å²) in [5, 5.41) is 0.555. The number of nitrogens with zero attached hydrogens (tertiary/aromatic N) is 3. The number of rotatable bonds is 6. The summed E-state index contributed by atoms with van der Waals surface area (Å²) in [4.78, 5) is 33.8. The van der Waals surface area contributed by atoms with Crippen LogP contribution in [0.5, 0.6) is 0 Å². The average Bonchev–Trinajstić information content (AvgIpc) is 3.53. The fourth-order valence-electron chi connectivity index (χ4n) is 4.40. The number of benzene rings is 2. The Bertz CT molecular complexity index is 1380. The predicted molar refractivity (Wildman–Crippen MR) is 127 cm³/mol. The Hall–Kier alpha value is -3.67. The highest BCUT2D eigenvalue weighted by Gasteiger charge is 2.37. The zero-order valence-electron chi connectivity index (χ0n) is 19.1. The Balaban J connectivity index is 1.71. The van der Waals surface area contributed by atoms with E-state index in [0.29, 0.717) is 29.0 Å². The minimum atomic E-state index is -0.429. The van der Waals surface area contributed by atoms with Gasteiger partial charge in [0.25, 0.3) is 5.56 Å². The molecule has 4 aromatic rings. The summed E-state index contributed by atoms with van der Waals surface area (Å²) in [5.41, 5.74) is 3.38. The smallest absolute Gasteiger partial charge is 0.266 e. The minimum absolute atomic E-state index is 0.0316. The molecular weight excluding hydrogens is 414 g/mol. The molecular formula is C27H27N3O3. The summed E-state index contributed by atoms with van der Waals surface area (Å²) in [6, 6.07) is 16.6. The summed E-state index contributed by atoms with van der Waals surface area (Å²) in [6.07, 6.45) is 3.41. The predicted octanol–water partition coefficient (Wildman–Crippen LogP) is 5.10. The second-order valence-corrected chi connectivity index (χ2v) is 8.91. The first-order chi connectivity index (χ1) is 15.9. The lowest BCUT2D eigenvalue weighted by Gasteiger charge is -2.30. The van der Waals surface area contributed by atoms with Crippen molar-refractivity contribution in [1.82, 2.24) is 14.5 Å². The number of carbonyl (C=O) groups excluding carboxylic acids is 1. The highest BCUT2D eigenvalue weighted by Crippen LogP contribution is 2.35. The number of amides is 1. The lowest BCUT2D eigenvalue weighted by Crippen LogP contribution is -2.38. The van der Waals surface area contributed by atoms with Crippen LogP contribution in [0.15, 0.2) is 70.1 Å². The van der Waals surface area contributed by atoms with Gasteiger partial charge >= 0.3 is 0 Å². The molecule has 0 aliphatic heterocycles. The standard InChI is InChI=1S/C27H27N3O3/c1-17-10-13-24(18(2)15-17)30-25(28-23-9-5-4-8-22(23)27(30)32)19(3)29(26(31)20-11-12-20)16-21-7-6-14-33-21/h4-10,13-15,19-20H,11-12,16H2,1-3H3. The van der Waals surface area contributed by atoms with E-state index in [1.165, 1.54) is 0 Å². The van der Waals surface area contributed by atoms with E-state index in [1.54, 1.807) is 21.8 Å². The van der Waals surface area contributed by atoms with Crippen molar-refractivity contribution in [3.05, 3.63) is 93.9 Å². The Labute approximate surface area is 192 Å². The number of para-hydroxylation sites is 1. The van der Waals surface area contributed by atoms with Gasteiger partial charge in [-0.1, -0.05) is 29.8 Å². The van der Waals surface area contributed by atoms with Gasteiger partial charge in [-0.3, -0.25) is 14.2 Å². The van der Waals surface area contributed by atoms with Gasteiger partial charge in [-0.25, -0.2) is 4.98 Å². The summed E-state index contributed by atoms with van der Waals surface area (Å²) >= 11 is 0. The Morgan fingerprint density at radius 2 is 1.94 bits per heavy atom. The number of hydrogen-bond donors (Lipinski definition) is 0. The summed E-state index contributed by atoms with van der Waals surface area (Å²) < 4.78 is 7.24. The summed E-state index contributed by atoms with van der Waals surface area (Å²) in [5.74, 6) is 1.36. The Morgan fingerprint density at radius 1 is 1.15 bits per heavy atom. The third kappa shape index (κ3) is 3.97. The second-order valence-electron chi connectivity index (χ2n) is 8.91. The molecule has 0 spiro atoms. The van der Waals surface area contributed by atoms with E-state index >= 15 is 0 Å². The largest absolute Gasteiger partial charge is 0.467 e. The first kappa shape index (κ1) is 21.2. The molecule has 1 saturated carbocycles. The molecule has 0 bridgehead atoms. The topological polar surface area (TPSA) is 68.3 Å². The zero-order valence-corrected chi connectivity index (χ0v) is 19.1. The summed E-state index contributed by atoms with van der Waals surface area (Å²) in [6.45, 7) is 6.30. The molecule has 1 unspecified atom stereocenters. The number of carbonyl (C=O) groups is 1. The molecule has 1 amide bonds. The van der Waals surface area contributed by atoms with Gasteiger partial charge < -0.3 is 9.32 Å². The molecule has 0 N–H and O–H groups in total. The first-order valence-corrected chi connectivity index (χ1v) is 11.4. The molecule has 6 heteroatoms. The van der Waals surface area contributed by atoms with Crippen LogP contribution in [0, 0.1) is 19.8 Å². The van der Waals surface area contributed by atoms with E-state index in [9.17, 15) is 9.59 Å². The van der Waals surface area contributed by atoms with Crippen molar-refractivity contribution in [2.45, 2.75) is 46.2 Å². The van der Waals surface area contributed by atoms with Crippen LogP contribution in [0.25, 0.3) is 16.6 Å². The third-order valence-electron chi connectivity index (χ3n) is 6.35. The highest BCUT2D eigenvalue weighted by atomic mass is 16.3. The number of fused-ring (bicyclic) bond motifs is 1. The van der Waals surface area contributed by atoms with Crippen LogP contribution in [0.1, 0.15) is 48.5 Å². The maximum atomic E-state index is 13.7. The van der Waals surface area contributed by atoms with Crippen molar-refractivity contribution in [3.63, 3.8) is 0 Å². The molecule has 0 radical (unpaired) electrons. The molecule has 33 heavy (non-hydrogen) atoms. The maximum Gasteiger partial charge on any atom is 0.266 e. The quantitative estimate of drug-likeness (QED) is 0.418. The van der Waals surface area contributed by atoms with Gasteiger partial charge in [-0.05, 0) is 69.5 Å². The van der Waals surface area contributed by atoms with E-state index in [-0.39, 0.29) is 17.4 Å². The molecule has 6 nitrogen and oxygen atoms in total. The molecule has 2 aromatic heterocycles. The van der Waals surface area contributed by atoms with Gasteiger partial charge in [0.2, 0.25) is 5.91 Å². The van der Waals surface area contributed by atoms with Crippen LogP contribution in [-0.2, 0) is 11.3 Å². The molecule has 1 aliphatic carbocycles. The molecule has 1 fully saturated rings. The van der Waals surface area contributed by atoms with Gasteiger partial charge in [0.1, 0.15) is 11.6 Å². The maximum absolute atomic E-state index is 13.7. The van der Waals surface area contributed by atoms with Gasteiger partial charge in [0.05, 0.1) is 35.4 Å². The van der Waals surface area contributed by atoms with Crippen LogP contribution in [0.3, 0.4) is 0 Å². The fraction of sp³-hybridized carbons (Fsp3) is 0.296. The lowest BCUT2D eigenvalue weighted by atomic mass is 10.1. The zero-order chi connectivity index (χ0) is 23.1. The number of hydrogen-bond acceptors (Lipinski definition) is 4. The van der Waals surface area contributed by atoms with Crippen molar-refractivity contribution >= 4 is 16.8 Å². The van der Waals surface area contributed by atoms with E-state index in [4.69, 9.17) is 9.40 Å². The van der Waals surface area contributed by atoms with E-state index in [2.05, 4.69) is 6.07 Å². The molecule has 1 atom stereocenters. The average molecular weight is 442 g/mol. The fourth-order valence-corrected chi connectivity index (χ4v) is 4.40. The van der Waals surface area contributed by atoms with Crippen LogP contribution in [-0.4, -0.2) is 20.4 Å². The molecule has 0 saturated heterocycles. The van der Waals surface area contributed by atoms with E-state index in [1.807, 2.05) is 63.2 Å². The lowest BCUT2D eigenvalue weighted by molar-refractivity contribution is -0.136. The molecule has 1 aliphatic rings. The number of furan rings is 1. The monoisotopic (exact) mass is 441 g/mol. The minimum Gasteiger partial charge on any atom is -0.467 e. The van der Waals surface area contributed by atoms with Gasteiger partial charge in [-0.2, -0.15) is 0 Å². The highest BCUT2D eigenvalue weighted by molar-refractivity contribution is 5.82. The SMILES string of the molecule is Cc1ccc(-n2c(C(C)N(Cc3ccco3)C(=O)C3CC3)nc3ccccc3c2=O)c(C)c1. The van der Waals surface area contributed by atoms with Crippen LogP contribution in [0.2, 0.25) is 0 Å². The van der Waals surface area contributed by atoms with Gasteiger partial charge in [-0.15, -0.1) is 0 Å². The van der Waals surface area contributed by atoms with Crippen LogP contribution < -0.4 is 5.56 Å².